The van der Waals surface area contributed by atoms with Gasteiger partial charge < -0.3 is 0 Å². The van der Waals surface area contributed by atoms with Gasteiger partial charge in [-0.1, -0.05) is 35.3 Å². The first-order chi connectivity index (χ1) is 9.91. The molecule has 2 aromatic carbocycles. The number of benzene rings is 2. The molecule has 1 aliphatic carbocycles. The summed E-state index contributed by atoms with van der Waals surface area (Å²) in [5.74, 6) is -2.15. The molecule has 0 heterocycles. The third-order valence-corrected chi connectivity index (χ3v) is 3.97. The number of hydrogen-bond donors (Lipinski definition) is 0. The predicted octanol–water partition coefficient (Wildman–Crippen LogP) is 3.44. The minimum atomic E-state index is -1.21. The second-order valence-corrected chi connectivity index (χ2v) is 5.22. The van der Waals surface area contributed by atoms with Crippen LogP contribution in [0.15, 0.2) is 36.0 Å². The summed E-state index contributed by atoms with van der Waals surface area (Å²) >= 11 is 12.0. The Morgan fingerprint density at radius 1 is 1.00 bits per heavy atom. The third kappa shape index (κ3) is 1.93. The van der Waals surface area contributed by atoms with Crippen LogP contribution in [0.25, 0.3) is 15.8 Å². The monoisotopic (exact) mass is 321 g/mol. The summed E-state index contributed by atoms with van der Waals surface area (Å²) in [7, 11) is 0. The number of halogens is 2. The van der Waals surface area contributed by atoms with Crippen LogP contribution in [-0.2, 0) is 4.79 Å². The number of fused-ring (bicyclic) bond motifs is 2. The maximum absolute atomic E-state index is 12.0. The Morgan fingerprint density at radius 2 is 1.71 bits per heavy atom. The molecule has 0 amide bonds. The van der Waals surface area contributed by atoms with Crippen LogP contribution in [-0.4, -0.2) is 16.5 Å². The molecule has 7 heteroatoms. The molecule has 0 saturated carbocycles. The number of carbonyl (C=O) groups excluding carboxylic acids is 2. The summed E-state index contributed by atoms with van der Waals surface area (Å²) in [5, 5.41) is 12.2. The fourth-order valence-corrected chi connectivity index (χ4v) is 2.82. The van der Waals surface area contributed by atoms with Gasteiger partial charge in [0.25, 0.3) is 0 Å². The lowest BCUT2D eigenvalue weighted by Gasteiger charge is -2.14. The van der Waals surface area contributed by atoms with Gasteiger partial charge in [0.15, 0.2) is 0 Å². The number of hydrogen-bond acceptors (Lipinski definition) is 4. The maximum atomic E-state index is 12.0. The van der Waals surface area contributed by atoms with E-state index in [1.807, 2.05) is 0 Å². The molecule has 1 aliphatic rings. The van der Waals surface area contributed by atoms with Crippen molar-refractivity contribution in [1.82, 2.24) is 0 Å². The first-order valence-electron chi connectivity index (χ1n) is 5.77. The fourth-order valence-electron chi connectivity index (χ4n) is 2.28. The number of Topliss-reactive ketones (excluding diaryl/α,β-unsaturated/α-hetero) is 2. The first-order valence-corrected chi connectivity index (χ1v) is 6.53. The number of nitro groups is 1. The van der Waals surface area contributed by atoms with E-state index in [0.29, 0.717) is 15.8 Å². The highest BCUT2D eigenvalue weighted by Crippen LogP contribution is 2.36. The molecule has 5 nitrogen and oxygen atoms in total. The van der Waals surface area contributed by atoms with Gasteiger partial charge in [0, 0.05) is 21.5 Å². The molecule has 0 N–H and O–H groups in total. The van der Waals surface area contributed by atoms with E-state index in [4.69, 9.17) is 23.2 Å². The average molecular weight is 322 g/mol. The van der Waals surface area contributed by atoms with E-state index in [-0.39, 0.29) is 16.2 Å². The van der Waals surface area contributed by atoms with Crippen LogP contribution in [0.5, 0.6) is 0 Å². The van der Waals surface area contributed by atoms with Crippen molar-refractivity contribution in [3.8, 4) is 0 Å². The van der Waals surface area contributed by atoms with E-state index < -0.39 is 22.2 Å². The summed E-state index contributed by atoms with van der Waals surface area (Å²) in [4.78, 5) is 33.8. The predicted molar refractivity (Wildman–Crippen MR) is 78.1 cm³/mol. The Balaban J connectivity index is 2.43. The third-order valence-electron chi connectivity index (χ3n) is 3.26. The van der Waals surface area contributed by atoms with Gasteiger partial charge in [-0.05, 0) is 23.6 Å². The SMILES string of the molecule is O=C1C(=O)c2cc3cccc(Cl)c3cc2C(Cl)=C1[N+](=O)[O-]. The summed E-state index contributed by atoms with van der Waals surface area (Å²) in [6.07, 6.45) is 0. The Morgan fingerprint density at radius 3 is 2.38 bits per heavy atom. The zero-order valence-corrected chi connectivity index (χ0v) is 11.7. The zero-order valence-electron chi connectivity index (χ0n) is 10.2. The molecular formula is C14H5Cl2NO4. The number of ketones is 2. The van der Waals surface area contributed by atoms with Crippen molar-refractivity contribution in [3.63, 3.8) is 0 Å². The normalized spacial score (nSPS) is 14.6. The van der Waals surface area contributed by atoms with Crippen molar-refractivity contribution in [3.05, 3.63) is 62.3 Å². The topological polar surface area (TPSA) is 77.3 Å². The molecule has 0 aromatic heterocycles. The van der Waals surface area contributed by atoms with Gasteiger partial charge in [-0.3, -0.25) is 19.7 Å². The van der Waals surface area contributed by atoms with Gasteiger partial charge >= 0.3 is 11.5 Å². The molecule has 0 unspecified atom stereocenters. The molecule has 0 spiro atoms. The Kier molecular flexibility index (Phi) is 3.04. The van der Waals surface area contributed by atoms with Crippen molar-refractivity contribution in [2.75, 3.05) is 0 Å². The van der Waals surface area contributed by atoms with Crippen LogP contribution < -0.4 is 0 Å². The molecule has 0 atom stereocenters. The Labute approximate surface area is 127 Å². The number of carbonyl (C=O) groups is 2. The highest BCUT2D eigenvalue weighted by molar-refractivity contribution is 6.61. The molecule has 0 fully saturated rings. The molecule has 2 aromatic rings. The van der Waals surface area contributed by atoms with Crippen LogP contribution in [0.3, 0.4) is 0 Å². The smallest absolute Gasteiger partial charge is 0.285 e. The molecule has 104 valence electrons. The average Bonchev–Trinajstić information content (AvgIpc) is 2.44. The maximum Gasteiger partial charge on any atom is 0.339 e. The van der Waals surface area contributed by atoms with Gasteiger partial charge in [-0.2, -0.15) is 0 Å². The Bertz CT molecular complexity index is 886. The van der Waals surface area contributed by atoms with Crippen LogP contribution in [0.1, 0.15) is 15.9 Å². The van der Waals surface area contributed by atoms with Crippen molar-refractivity contribution in [2.24, 2.45) is 0 Å². The molecule has 0 radical (unpaired) electrons. The second-order valence-electron chi connectivity index (χ2n) is 4.44. The highest BCUT2D eigenvalue weighted by Gasteiger charge is 2.40. The van der Waals surface area contributed by atoms with Crippen molar-refractivity contribution in [1.29, 1.82) is 0 Å². The quantitative estimate of drug-likeness (QED) is 0.458. The van der Waals surface area contributed by atoms with Gasteiger partial charge in [-0.25, -0.2) is 0 Å². The Hall–Kier alpha value is -2.24. The van der Waals surface area contributed by atoms with Crippen molar-refractivity contribution < 1.29 is 14.5 Å². The van der Waals surface area contributed by atoms with Crippen LogP contribution in [0.2, 0.25) is 5.02 Å². The van der Waals surface area contributed by atoms with Crippen molar-refractivity contribution in [2.45, 2.75) is 0 Å². The van der Waals surface area contributed by atoms with Crippen LogP contribution in [0, 0.1) is 10.1 Å². The zero-order chi connectivity index (χ0) is 15.3. The minimum absolute atomic E-state index is 0.0466. The lowest BCUT2D eigenvalue weighted by molar-refractivity contribution is -0.416. The minimum Gasteiger partial charge on any atom is -0.285 e. The molecule has 21 heavy (non-hydrogen) atoms. The second kappa shape index (κ2) is 4.65. The fraction of sp³-hybridized carbons (Fsp3) is 0. The van der Waals surface area contributed by atoms with Gasteiger partial charge in [0.1, 0.15) is 5.03 Å². The molecule has 0 saturated heterocycles. The van der Waals surface area contributed by atoms with E-state index in [2.05, 4.69) is 0 Å². The number of rotatable bonds is 1. The number of allylic oxidation sites excluding steroid dienone is 1. The van der Waals surface area contributed by atoms with E-state index >= 15 is 0 Å². The number of nitrogens with zero attached hydrogens (tertiary/aromatic N) is 1. The van der Waals surface area contributed by atoms with E-state index in [1.54, 1.807) is 18.2 Å². The van der Waals surface area contributed by atoms with Crippen LogP contribution >= 0.6 is 23.2 Å². The van der Waals surface area contributed by atoms with E-state index in [0.717, 1.165) is 0 Å². The summed E-state index contributed by atoms with van der Waals surface area (Å²) in [6, 6.07) is 8.03. The molecule has 3 rings (SSSR count). The van der Waals surface area contributed by atoms with Gasteiger partial charge in [0.2, 0.25) is 5.78 Å². The highest BCUT2D eigenvalue weighted by atomic mass is 35.5. The molecular weight excluding hydrogens is 317 g/mol. The summed E-state index contributed by atoms with van der Waals surface area (Å²) < 4.78 is 0. The first kappa shape index (κ1) is 13.7. The van der Waals surface area contributed by atoms with Gasteiger partial charge in [0.05, 0.1) is 4.92 Å². The molecule has 0 bridgehead atoms. The lowest BCUT2D eigenvalue weighted by atomic mass is 9.90. The van der Waals surface area contributed by atoms with Crippen LogP contribution in [0.4, 0.5) is 0 Å². The van der Waals surface area contributed by atoms with Gasteiger partial charge in [-0.15, -0.1) is 0 Å². The summed E-state index contributed by atoms with van der Waals surface area (Å²) in [6.45, 7) is 0. The lowest BCUT2D eigenvalue weighted by Crippen LogP contribution is -2.26. The van der Waals surface area contributed by atoms with Crippen molar-refractivity contribution >= 4 is 50.6 Å². The standard InChI is InChI=1S/C14H5Cl2NO4/c15-10-3-1-2-6-4-9-8(5-7(6)10)11(16)12(17(20)21)14(19)13(9)18/h1-5H. The van der Waals surface area contributed by atoms with E-state index in [1.165, 1.54) is 12.1 Å². The largest absolute Gasteiger partial charge is 0.339 e. The summed E-state index contributed by atoms with van der Waals surface area (Å²) in [5.41, 5.74) is -0.709. The molecule has 0 aliphatic heterocycles. The van der Waals surface area contributed by atoms with E-state index in [9.17, 15) is 19.7 Å².